The number of amides is 2. The maximum atomic E-state index is 12.0. The van der Waals surface area contributed by atoms with E-state index >= 15 is 0 Å². The molecule has 0 bridgehead atoms. The molecule has 2 aliphatic heterocycles. The Bertz CT molecular complexity index is 717. The van der Waals surface area contributed by atoms with E-state index in [1.807, 2.05) is 30.9 Å². The second-order valence-electron chi connectivity index (χ2n) is 6.32. The number of urea groups is 1. The van der Waals surface area contributed by atoms with Crippen molar-refractivity contribution in [2.45, 2.75) is 19.5 Å². The molecule has 23 heavy (non-hydrogen) atoms. The van der Waals surface area contributed by atoms with Crippen molar-refractivity contribution in [1.29, 1.82) is 0 Å². The standard InChI is InChI=1S/C15H20N6O2/c1-11-5-14(23-17-11)10-19-7-13(8-19)21-9-12(6-16-21)20-4-3-18(2)15(20)22/h5-6,9,13H,3-4,7-8,10H2,1-2H3. The fourth-order valence-electron chi connectivity index (χ4n) is 3.10. The lowest BCUT2D eigenvalue weighted by molar-refractivity contribution is 0.0809. The van der Waals surface area contributed by atoms with Gasteiger partial charge in [-0.1, -0.05) is 5.16 Å². The molecule has 8 nitrogen and oxygen atoms in total. The fourth-order valence-corrected chi connectivity index (χ4v) is 3.10. The lowest BCUT2D eigenvalue weighted by Crippen LogP contribution is -2.47. The normalized spacial score (nSPS) is 19.7. The van der Waals surface area contributed by atoms with Crippen LogP contribution in [0.3, 0.4) is 0 Å². The molecule has 0 N–H and O–H groups in total. The monoisotopic (exact) mass is 316 g/mol. The summed E-state index contributed by atoms with van der Waals surface area (Å²) in [5, 5.41) is 8.33. The number of carbonyl (C=O) groups is 1. The van der Waals surface area contributed by atoms with Crippen molar-refractivity contribution >= 4 is 11.7 Å². The number of likely N-dealkylation sites (tertiary alicyclic amines) is 1. The predicted octanol–water partition coefficient (Wildman–Crippen LogP) is 1.11. The molecule has 122 valence electrons. The van der Waals surface area contributed by atoms with Crippen LogP contribution in [-0.2, 0) is 6.54 Å². The van der Waals surface area contributed by atoms with E-state index in [2.05, 4.69) is 15.2 Å². The Kier molecular flexibility index (Phi) is 3.33. The van der Waals surface area contributed by atoms with Crippen LogP contribution in [0.15, 0.2) is 23.0 Å². The lowest BCUT2D eigenvalue weighted by atomic mass is 10.1. The minimum Gasteiger partial charge on any atom is -0.360 e. The first-order valence-corrected chi connectivity index (χ1v) is 7.81. The van der Waals surface area contributed by atoms with Crippen LogP contribution in [0, 0.1) is 6.92 Å². The molecule has 0 aliphatic carbocycles. The molecule has 0 spiro atoms. The van der Waals surface area contributed by atoms with Gasteiger partial charge in [0.2, 0.25) is 0 Å². The van der Waals surface area contributed by atoms with E-state index in [-0.39, 0.29) is 6.03 Å². The number of carbonyl (C=O) groups excluding carboxylic acids is 1. The maximum Gasteiger partial charge on any atom is 0.324 e. The molecule has 0 atom stereocenters. The minimum absolute atomic E-state index is 0.0421. The number of nitrogens with zero attached hydrogens (tertiary/aromatic N) is 6. The summed E-state index contributed by atoms with van der Waals surface area (Å²) in [6.07, 6.45) is 3.75. The summed E-state index contributed by atoms with van der Waals surface area (Å²) in [7, 11) is 1.82. The van der Waals surface area contributed by atoms with Gasteiger partial charge in [-0.15, -0.1) is 0 Å². The fraction of sp³-hybridized carbons (Fsp3) is 0.533. The Labute approximate surface area is 134 Å². The number of likely N-dealkylation sites (N-methyl/N-ethyl adjacent to an activating group) is 1. The highest BCUT2D eigenvalue weighted by atomic mass is 16.5. The molecular weight excluding hydrogens is 296 g/mol. The molecule has 2 fully saturated rings. The summed E-state index contributed by atoms with van der Waals surface area (Å²) in [5.41, 5.74) is 1.79. The van der Waals surface area contributed by atoms with E-state index < -0.39 is 0 Å². The average molecular weight is 316 g/mol. The average Bonchev–Trinajstić information content (AvgIpc) is 3.17. The second-order valence-corrected chi connectivity index (χ2v) is 6.32. The van der Waals surface area contributed by atoms with Gasteiger partial charge in [0.25, 0.3) is 0 Å². The molecule has 0 unspecified atom stereocenters. The summed E-state index contributed by atoms with van der Waals surface area (Å²) in [4.78, 5) is 17.8. The molecule has 0 aromatic carbocycles. The lowest BCUT2D eigenvalue weighted by Gasteiger charge is -2.38. The molecule has 8 heteroatoms. The van der Waals surface area contributed by atoms with Crippen LogP contribution in [0.1, 0.15) is 17.5 Å². The minimum atomic E-state index is 0.0421. The van der Waals surface area contributed by atoms with Gasteiger partial charge < -0.3 is 9.42 Å². The highest BCUT2D eigenvalue weighted by molar-refractivity contribution is 5.93. The highest BCUT2D eigenvalue weighted by Crippen LogP contribution is 2.26. The molecule has 0 radical (unpaired) electrons. The van der Waals surface area contributed by atoms with Crippen molar-refractivity contribution in [2.24, 2.45) is 0 Å². The van der Waals surface area contributed by atoms with E-state index in [1.165, 1.54) is 0 Å². The van der Waals surface area contributed by atoms with Gasteiger partial charge in [-0.3, -0.25) is 14.5 Å². The Morgan fingerprint density at radius 3 is 2.83 bits per heavy atom. The van der Waals surface area contributed by atoms with Crippen LogP contribution in [0.2, 0.25) is 0 Å². The Morgan fingerprint density at radius 1 is 1.35 bits per heavy atom. The summed E-state index contributed by atoms with van der Waals surface area (Å²) in [6.45, 7) is 6.04. The number of rotatable bonds is 4. The van der Waals surface area contributed by atoms with Gasteiger partial charge in [0.1, 0.15) is 0 Å². The third-order valence-electron chi connectivity index (χ3n) is 4.48. The third-order valence-corrected chi connectivity index (χ3v) is 4.48. The third kappa shape index (κ3) is 2.59. The summed E-state index contributed by atoms with van der Waals surface area (Å²) in [5.74, 6) is 0.896. The summed E-state index contributed by atoms with van der Waals surface area (Å²) >= 11 is 0. The van der Waals surface area contributed by atoms with Crippen molar-refractivity contribution in [3.05, 3.63) is 29.9 Å². The van der Waals surface area contributed by atoms with Gasteiger partial charge in [0.05, 0.1) is 30.2 Å². The molecule has 2 amide bonds. The van der Waals surface area contributed by atoms with Gasteiger partial charge >= 0.3 is 6.03 Å². The first-order chi connectivity index (χ1) is 11.1. The molecule has 2 aromatic rings. The van der Waals surface area contributed by atoms with E-state index in [0.29, 0.717) is 6.04 Å². The van der Waals surface area contributed by atoms with Crippen molar-refractivity contribution in [2.75, 3.05) is 38.1 Å². The number of aromatic nitrogens is 3. The zero-order valence-electron chi connectivity index (χ0n) is 13.3. The SMILES string of the molecule is Cc1cc(CN2CC(n3cc(N4CCN(C)C4=O)cn3)C2)on1. The van der Waals surface area contributed by atoms with Crippen molar-refractivity contribution in [3.8, 4) is 0 Å². The van der Waals surface area contributed by atoms with E-state index in [4.69, 9.17) is 4.52 Å². The van der Waals surface area contributed by atoms with Crippen LogP contribution >= 0.6 is 0 Å². The van der Waals surface area contributed by atoms with Crippen molar-refractivity contribution < 1.29 is 9.32 Å². The van der Waals surface area contributed by atoms with Gasteiger partial charge in [-0.05, 0) is 6.92 Å². The van der Waals surface area contributed by atoms with Gasteiger partial charge in [0, 0.05) is 45.5 Å². The van der Waals surface area contributed by atoms with Crippen LogP contribution in [-0.4, -0.2) is 64.0 Å². The Morgan fingerprint density at radius 2 is 2.17 bits per heavy atom. The molecule has 2 saturated heterocycles. The first kappa shape index (κ1) is 14.3. The number of aryl methyl sites for hydroxylation is 1. The maximum absolute atomic E-state index is 12.0. The highest BCUT2D eigenvalue weighted by Gasteiger charge is 2.32. The van der Waals surface area contributed by atoms with E-state index in [1.54, 1.807) is 16.0 Å². The van der Waals surface area contributed by atoms with E-state index in [0.717, 1.165) is 49.9 Å². The van der Waals surface area contributed by atoms with Crippen LogP contribution < -0.4 is 4.90 Å². The van der Waals surface area contributed by atoms with E-state index in [9.17, 15) is 4.79 Å². The molecule has 2 aliphatic rings. The molecule has 4 heterocycles. The van der Waals surface area contributed by atoms with Gasteiger partial charge in [-0.25, -0.2) is 4.79 Å². The molecular formula is C15H20N6O2. The molecule has 0 saturated carbocycles. The summed E-state index contributed by atoms with van der Waals surface area (Å²) < 4.78 is 7.20. The van der Waals surface area contributed by atoms with Crippen LogP contribution in [0.5, 0.6) is 0 Å². The Hall–Kier alpha value is -2.35. The number of hydrogen-bond donors (Lipinski definition) is 0. The largest absolute Gasteiger partial charge is 0.360 e. The predicted molar refractivity (Wildman–Crippen MR) is 83.2 cm³/mol. The topological polar surface area (TPSA) is 70.6 Å². The quantitative estimate of drug-likeness (QED) is 0.845. The zero-order chi connectivity index (χ0) is 16.0. The number of anilines is 1. The molecule has 2 aromatic heterocycles. The van der Waals surface area contributed by atoms with Crippen LogP contribution in [0.25, 0.3) is 0 Å². The van der Waals surface area contributed by atoms with Gasteiger partial charge in [0.15, 0.2) is 5.76 Å². The first-order valence-electron chi connectivity index (χ1n) is 7.81. The Balaban J connectivity index is 1.35. The smallest absolute Gasteiger partial charge is 0.324 e. The second kappa shape index (κ2) is 5.38. The zero-order valence-corrected chi connectivity index (χ0v) is 13.3. The van der Waals surface area contributed by atoms with Crippen LogP contribution in [0.4, 0.5) is 10.5 Å². The van der Waals surface area contributed by atoms with Crippen molar-refractivity contribution in [3.63, 3.8) is 0 Å². The van der Waals surface area contributed by atoms with Gasteiger partial charge in [-0.2, -0.15) is 5.10 Å². The van der Waals surface area contributed by atoms with Crippen molar-refractivity contribution in [1.82, 2.24) is 24.7 Å². The summed E-state index contributed by atoms with van der Waals surface area (Å²) in [6, 6.07) is 2.36. The molecule has 4 rings (SSSR count). The number of hydrogen-bond acceptors (Lipinski definition) is 5.